The summed E-state index contributed by atoms with van der Waals surface area (Å²) < 4.78 is -0.0430. The monoisotopic (exact) mass is 895 g/mol. The first-order valence-corrected chi connectivity index (χ1v) is 24.9. The molecule has 338 valence electrons. The lowest BCUT2D eigenvalue weighted by molar-refractivity contribution is -0.137. The fourth-order valence-electron chi connectivity index (χ4n) is 8.21. The van der Waals surface area contributed by atoms with Crippen molar-refractivity contribution in [3.05, 3.63) is 64.6 Å². The second-order valence-corrected chi connectivity index (χ2v) is 23.5. The minimum absolute atomic E-state index is 0.0392. The van der Waals surface area contributed by atoms with Crippen LogP contribution in [-0.4, -0.2) is 86.1 Å². The summed E-state index contributed by atoms with van der Waals surface area (Å²) in [5.74, 6) is 0.727. The van der Waals surface area contributed by atoms with E-state index in [4.69, 9.17) is 15.7 Å². The lowest BCUT2D eigenvalue weighted by Gasteiger charge is -2.39. The molecule has 5 N–H and O–H groups in total. The van der Waals surface area contributed by atoms with Gasteiger partial charge in [0.25, 0.3) is 0 Å². The highest BCUT2D eigenvalue weighted by Crippen LogP contribution is 2.50. The molecule has 4 amide bonds. The number of amidine groups is 1. The normalized spacial score (nSPS) is 21.1. The first kappa shape index (κ1) is 50.3. The number of aromatic nitrogens is 1. The standard InChI is InChI=1S/C47H73N7O4S3/c1-12-22-47(60-25-16-26-61-47)28-35(44-49-23-27-59-44)51-42(57)37(32(5)33-17-14-13-15-18-33)52-43(58)39(46(9,10)11)53-41(34(45(6,7)8)20-19-30(2)3)50-29-36(55)54-24-21-31(4)38(54)40(48)56/h13-15,17-20,23,27,30-32,34-35,37-39H,12,16,21-22,24-26,28-29H2,1-11H3,(H2,48,56)(H,50,53)(H,51,57)(H,52,58)/b20-19+/t31-,32+,34?,35-,37?,38+,39?/m1/s1. The quantitative estimate of drug-likeness (QED) is 0.0661. The topological polar surface area (TPSA) is 159 Å². The number of allylic oxidation sites excluding steroid dienone is 1. The second-order valence-electron chi connectivity index (χ2n) is 19.3. The Balaban J connectivity index is 1.75. The molecule has 2 saturated heterocycles. The number of carbonyl (C=O) groups is 4. The molecule has 2 aliphatic heterocycles. The van der Waals surface area contributed by atoms with Crippen LogP contribution in [-0.2, 0) is 19.2 Å². The molecule has 3 heterocycles. The van der Waals surface area contributed by atoms with Crippen LogP contribution in [0, 0.1) is 28.6 Å². The summed E-state index contributed by atoms with van der Waals surface area (Å²) in [6, 6.07) is 6.89. The van der Waals surface area contributed by atoms with Crippen LogP contribution in [0.5, 0.6) is 0 Å². The number of thioether (sulfide) groups is 2. The number of nitrogens with two attached hydrogens (primary N) is 1. The Bertz CT molecular complexity index is 1790. The maximum absolute atomic E-state index is 15.0. The van der Waals surface area contributed by atoms with Gasteiger partial charge in [0.15, 0.2) is 0 Å². The third kappa shape index (κ3) is 14.1. The number of primary amides is 1. The van der Waals surface area contributed by atoms with E-state index in [0.29, 0.717) is 18.8 Å². The Labute approximate surface area is 378 Å². The molecule has 61 heavy (non-hydrogen) atoms. The van der Waals surface area contributed by atoms with E-state index in [1.165, 1.54) is 17.8 Å². The number of nitrogens with zero attached hydrogens (tertiary/aromatic N) is 3. The third-order valence-electron chi connectivity index (χ3n) is 11.6. The van der Waals surface area contributed by atoms with Crippen LogP contribution in [0.2, 0.25) is 0 Å². The Morgan fingerprint density at radius 3 is 2.21 bits per heavy atom. The van der Waals surface area contributed by atoms with E-state index in [0.717, 1.165) is 41.3 Å². The summed E-state index contributed by atoms with van der Waals surface area (Å²) in [7, 11) is 0. The lowest BCUT2D eigenvalue weighted by atomic mass is 9.78. The van der Waals surface area contributed by atoms with E-state index in [9.17, 15) is 19.2 Å². The fraction of sp³-hybridized carbons (Fsp3) is 0.660. The smallest absolute Gasteiger partial charge is 0.246 e. The average Bonchev–Trinajstić information content (AvgIpc) is 3.87. The van der Waals surface area contributed by atoms with Gasteiger partial charge in [-0.05, 0) is 65.4 Å². The van der Waals surface area contributed by atoms with Gasteiger partial charge in [-0.1, -0.05) is 125 Å². The lowest BCUT2D eigenvalue weighted by Crippen LogP contribution is -2.55. The minimum atomic E-state index is -0.955. The number of rotatable bonds is 18. The van der Waals surface area contributed by atoms with Crippen molar-refractivity contribution >= 4 is 64.3 Å². The second kappa shape index (κ2) is 22.3. The summed E-state index contributed by atoms with van der Waals surface area (Å²) in [6.45, 7) is 22.8. The largest absolute Gasteiger partial charge is 0.368 e. The van der Waals surface area contributed by atoms with Crippen LogP contribution in [0.3, 0.4) is 0 Å². The highest BCUT2D eigenvalue weighted by atomic mass is 32.2. The van der Waals surface area contributed by atoms with Crippen LogP contribution in [0.4, 0.5) is 0 Å². The van der Waals surface area contributed by atoms with E-state index >= 15 is 0 Å². The highest BCUT2D eigenvalue weighted by molar-refractivity contribution is 8.18. The Morgan fingerprint density at radius 2 is 1.66 bits per heavy atom. The van der Waals surface area contributed by atoms with Crippen molar-refractivity contribution in [3.8, 4) is 0 Å². The molecule has 1 aromatic carbocycles. The highest BCUT2D eigenvalue weighted by Gasteiger charge is 2.42. The maximum Gasteiger partial charge on any atom is 0.246 e. The van der Waals surface area contributed by atoms with Gasteiger partial charge in [0.2, 0.25) is 23.6 Å². The van der Waals surface area contributed by atoms with Crippen LogP contribution < -0.4 is 21.7 Å². The van der Waals surface area contributed by atoms with Gasteiger partial charge in [0, 0.05) is 30.0 Å². The zero-order chi connectivity index (χ0) is 45.1. The average molecular weight is 896 g/mol. The van der Waals surface area contributed by atoms with Gasteiger partial charge in [0.1, 0.15) is 29.0 Å². The van der Waals surface area contributed by atoms with Crippen LogP contribution in [0.15, 0.2) is 59.1 Å². The number of hydrogen-bond donors (Lipinski definition) is 4. The van der Waals surface area contributed by atoms with E-state index < -0.39 is 35.4 Å². The van der Waals surface area contributed by atoms with E-state index in [-0.39, 0.29) is 57.6 Å². The van der Waals surface area contributed by atoms with Crippen molar-refractivity contribution < 1.29 is 19.2 Å². The van der Waals surface area contributed by atoms with Crippen molar-refractivity contribution in [2.75, 3.05) is 24.6 Å². The fourth-order valence-corrected chi connectivity index (χ4v) is 12.5. The minimum Gasteiger partial charge on any atom is -0.368 e. The number of likely N-dealkylation sites (tertiary alicyclic amines) is 1. The van der Waals surface area contributed by atoms with E-state index in [1.54, 1.807) is 11.1 Å². The van der Waals surface area contributed by atoms with Crippen LogP contribution >= 0.6 is 34.9 Å². The molecule has 0 aliphatic carbocycles. The summed E-state index contributed by atoms with van der Waals surface area (Å²) in [6.07, 6.45) is 10.6. The molecular weight excluding hydrogens is 823 g/mol. The van der Waals surface area contributed by atoms with Gasteiger partial charge in [-0.25, -0.2) is 4.98 Å². The molecule has 0 spiro atoms. The summed E-state index contributed by atoms with van der Waals surface area (Å²) in [5, 5.41) is 12.8. The molecule has 7 atom stereocenters. The molecule has 11 nitrogen and oxygen atoms in total. The zero-order valence-corrected chi connectivity index (χ0v) is 40.9. The van der Waals surface area contributed by atoms with Crippen molar-refractivity contribution in [1.29, 1.82) is 0 Å². The number of hydrogen-bond acceptors (Lipinski definition) is 9. The van der Waals surface area contributed by atoms with Gasteiger partial charge >= 0.3 is 0 Å². The molecule has 1 aromatic heterocycles. The molecule has 14 heteroatoms. The molecule has 0 bridgehead atoms. The summed E-state index contributed by atoms with van der Waals surface area (Å²) >= 11 is 5.53. The number of aliphatic imine (C=N–C) groups is 1. The number of benzene rings is 1. The van der Waals surface area contributed by atoms with Gasteiger partial charge in [-0.2, -0.15) is 0 Å². The third-order valence-corrected chi connectivity index (χ3v) is 16.0. The molecule has 2 aliphatic rings. The SMILES string of the molecule is CCCC1(C[C@@H](NC(=O)C(NC(=O)C(/N=C(\NCC(=O)N2CC[C@@H](C)[C@H]2C(N)=O)C(/C=C/C(C)C)C(C)(C)C)C(C)(C)C)[C@@H](C)c2ccccc2)c2nccs2)SCCCS1. The molecular formula is C47H73N7O4S3. The van der Waals surface area contributed by atoms with Gasteiger partial charge in [-0.15, -0.1) is 34.9 Å². The summed E-state index contributed by atoms with van der Waals surface area (Å²) in [4.78, 5) is 67.6. The molecule has 3 unspecified atom stereocenters. The van der Waals surface area contributed by atoms with Crippen LogP contribution in [0.1, 0.15) is 131 Å². The number of thiazole rings is 1. The molecule has 4 rings (SSSR count). The molecule has 0 saturated carbocycles. The van der Waals surface area contributed by atoms with Gasteiger partial charge in [-0.3, -0.25) is 24.2 Å². The van der Waals surface area contributed by atoms with Crippen molar-refractivity contribution in [1.82, 2.24) is 25.8 Å². The first-order chi connectivity index (χ1) is 28.7. The predicted molar refractivity (Wildman–Crippen MR) is 256 cm³/mol. The maximum atomic E-state index is 15.0. The predicted octanol–water partition coefficient (Wildman–Crippen LogP) is 8.35. The summed E-state index contributed by atoms with van der Waals surface area (Å²) in [5.41, 5.74) is 5.61. The Morgan fingerprint density at radius 1 is 0.984 bits per heavy atom. The molecule has 2 fully saturated rings. The number of nitrogens with one attached hydrogen (secondary N) is 3. The van der Waals surface area contributed by atoms with Crippen molar-refractivity contribution in [2.45, 2.75) is 142 Å². The first-order valence-electron chi connectivity index (χ1n) is 22.1. The van der Waals surface area contributed by atoms with Crippen molar-refractivity contribution in [3.63, 3.8) is 0 Å². The molecule has 0 radical (unpaired) electrons. The number of amides is 4. The van der Waals surface area contributed by atoms with E-state index in [2.05, 4.69) is 69.6 Å². The van der Waals surface area contributed by atoms with Crippen LogP contribution in [0.25, 0.3) is 0 Å². The van der Waals surface area contributed by atoms with E-state index in [1.807, 2.05) is 93.9 Å². The zero-order valence-electron chi connectivity index (χ0n) is 38.5. The Hall–Kier alpha value is -3.36. The van der Waals surface area contributed by atoms with Crippen molar-refractivity contribution in [2.24, 2.45) is 39.3 Å². The number of carbonyl (C=O) groups excluding carboxylic acids is 4. The van der Waals surface area contributed by atoms with Gasteiger partial charge < -0.3 is 26.6 Å². The Kier molecular flexibility index (Phi) is 18.4. The van der Waals surface area contributed by atoms with Gasteiger partial charge in [0.05, 0.1) is 16.7 Å². The molecule has 2 aromatic rings.